The van der Waals surface area contributed by atoms with Gasteiger partial charge in [-0.2, -0.15) is 0 Å². The molecule has 0 saturated carbocycles. The summed E-state index contributed by atoms with van der Waals surface area (Å²) in [7, 11) is 0. The highest BCUT2D eigenvalue weighted by Crippen LogP contribution is 2.34. The van der Waals surface area contributed by atoms with Gasteiger partial charge in [-0.05, 0) is 58.2 Å². The van der Waals surface area contributed by atoms with Crippen molar-refractivity contribution in [3.05, 3.63) is 58.6 Å². The van der Waals surface area contributed by atoms with Crippen LogP contribution in [-0.2, 0) is 0 Å². The van der Waals surface area contributed by atoms with Crippen LogP contribution in [0.15, 0.2) is 28.9 Å². The lowest BCUT2D eigenvalue weighted by atomic mass is 10.1. The summed E-state index contributed by atoms with van der Waals surface area (Å²) < 4.78 is 5.30. The predicted molar refractivity (Wildman–Crippen MR) is 104 cm³/mol. The van der Waals surface area contributed by atoms with Crippen molar-refractivity contribution in [2.75, 3.05) is 6.54 Å². The van der Waals surface area contributed by atoms with Crippen LogP contribution in [0.5, 0.6) is 0 Å². The first-order valence-corrected chi connectivity index (χ1v) is 9.47. The molecule has 0 bridgehead atoms. The van der Waals surface area contributed by atoms with E-state index < -0.39 is 0 Å². The van der Waals surface area contributed by atoms with Crippen LogP contribution >= 0.6 is 0 Å². The lowest BCUT2D eigenvalue weighted by Gasteiger charge is -2.25. The Hall–Kier alpha value is -3.09. The number of hydrogen-bond donors (Lipinski definition) is 0. The van der Waals surface area contributed by atoms with Crippen LogP contribution in [0.3, 0.4) is 0 Å². The van der Waals surface area contributed by atoms with E-state index in [1.807, 2.05) is 50.8 Å². The topological polar surface area (TPSA) is 85.0 Å². The minimum Gasteiger partial charge on any atom is -0.361 e. The van der Waals surface area contributed by atoms with Crippen LogP contribution in [0, 0.1) is 27.7 Å². The molecular formula is C21H23N5O2. The predicted octanol–water partition coefficient (Wildman–Crippen LogP) is 3.74. The van der Waals surface area contributed by atoms with Crippen LogP contribution < -0.4 is 0 Å². The maximum atomic E-state index is 13.2. The SMILES string of the molecule is Cc1nc(-c2c(C)noc2C)cc([C@@H]2CCCN2C(=O)c2ncccc2C)n1. The fraction of sp³-hybridized carbons (Fsp3) is 0.381. The van der Waals surface area contributed by atoms with Crippen LogP contribution in [0.25, 0.3) is 11.3 Å². The average molecular weight is 377 g/mol. The van der Waals surface area contributed by atoms with Crippen molar-refractivity contribution in [3.63, 3.8) is 0 Å². The fourth-order valence-electron chi connectivity index (χ4n) is 3.90. The molecule has 3 aromatic heterocycles. The van der Waals surface area contributed by atoms with E-state index in [4.69, 9.17) is 4.52 Å². The highest BCUT2D eigenvalue weighted by Gasteiger charge is 2.33. The lowest BCUT2D eigenvalue weighted by Crippen LogP contribution is -2.32. The van der Waals surface area contributed by atoms with E-state index >= 15 is 0 Å². The maximum Gasteiger partial charge on any atom is 0.273 e. The zero-order valence-corrected chi connectivity index (χ0v) is 16.6. The van der Waals surface area contributed by atoms with Gasteiger partial charge >= 0.3 is 0 Å². The molecule has 0 unspecified atom stereocenters. The molecule has 7 nitrogen and oxygen atoms in total. The largest absolute Gasteiger partial charge is 0.361 e. The number of carbonyl (C=O) groups is 1. The maximum absolute atomic E-state index is 13.2. The number of carbonyl (C=O) groups excluding carboxylic acids is 1. The molecule has 4 heterocycles. The Morgan fingerprint density at radius 1 is 1.21 bits per heavy atom. The van der Waals surface area contributed by atoms with Gasteiger partial charge in [0, 0.05) is 12.7 Å². The molecular weight excluding hydrogens is 354 g/mol. The third-order valence-corrected chi connectivity index (χ3v) is 5.21. The Balaban J connectivity index is 1.72. The highest BCUT2D eigenvalue weighted by molar-refractivity contribution is 5.94. The molecule has 0 radical (unpaired) electrons. The minimum absolute atomic E-state index is 0.0456. The molecule has 1 aliphatic rings. The number of aryl methyl sites for hydroxylation is 4. The summed E-state index contributed by atoms with van der Waals surface area (Å²) in [6, 6.07) is 5.63. The smallest absolute Gasteiger partial charge is 0.273 e. The molecule has 28 heavy (non-hydrogen) atoms. The van der Waals surface area contributed by atoms with E-state index in [1.165, 1.54) is 0 Å². The van der Waals surface area contributed by atoms with Crippen LogP contribution in [0.4, 0.5) is 0 Å². The molecule has 1 atom stereocenters. The summed E-state index contributed by atoms with van der Waals surface area (Å²) >= 11 is 0. The number of amides is 1. The van der Waals surface area contributed by atoms with Gasteiger partial charge in [0.25, 0.3) is 5.91 Å². The lowest BCUT2D eigenvalue weighted by molar-refractivity contribution is 0.0726. The average Bonchev–Trinajstić information content (AvgIpc) is 3.28. The van der Waals surface area contributed by atoms with Gasteiger partial charge in [0.15, 0.2) is 0 Å². The number of rotatable bonds is 3. The summed E-state index contributed by atoms with van der Waals surface area (Å²) in [6.45, 7) is 8.26. The van der Waals surface area contributed by atoms with Gasteiger partial charge in [-0.15, -0.1) is 0 Å². The van der Waals surface area contributed by atoms with Crippen LogP contribution in [0.1, 0.15) is 57.9 Å². The van der Waals surface area contributed by atoms with Crippen molar-refractivity contribution in [2.24, 2.45) is 0 Å². The van der Waals surface area contributed by atoms with Crippen molar-refractivity contribution in [2.45, 2.75) is 46.6 Å². The Morgan fingerprint density at radius 3 is 2.75 bits per heavy atom. The van der Waals surface area contributed by atoms with Crippen molar-refractivity contribution >= 4 is 5.91 Å². The second-order valence-corrected chi connectivity index (χ2v) is 7.25. The number of hydrogen-bond acceptors (Lipinski definition) is 6. The van der Waals surface area contributed by atoms with Gasteiger partial charge in [-0.25, -0.2) is 9.97 Å². The van der Waals surface area contributed by atoms with E-state index in [9.17, 15) is 4.79 Å². The quantitative estimate of drug-likeness (QED) is 0.691. The van der Waals surface area contributed by atoms with Crippen molar-refractivity contribution < 1.29 is 9.32 Å². The summed E-state index contributed by atoms with van der Waals surface area (Å²) in [6.07, 6.45) is 3.47. The van der Waals surface area contributed by atoms with Crippen molar-refractivity contribution in [3.8, 4) is 11.3 Å². The molecule has 144 valence electrons. The van der Waals surface area contributed by atoms with Crippen LogP contribution in [0.2, 0.25) is 0 Å². The van der Waals surface area contributed by atoms with E-state index in [0.29, 0.717) is 18.1 Å². The van der Waals surface area contributed by atoms with Gasteiger partial charge in [0.05, 0.1) is 28.7 Å². The minimum atomic E-state index is -0.0881. The second-order valence-electron chi connectivity index (χ2n) is 7.25. The summed E-state index contributed by atoms with van der Waals surface area (Å²) in [4.78, 5) is 28.6. The Labute approximate surface area is 163 Å². The zero-order chi connectivity index (χ0) is 19.8. The van der Waals surface area contributed by atoms with E-state index in [-0.39, 0.29) is 11.9 Å². The number of aromatic nitrogens is 4. The molecule has 7 heteroatoms. The molecule has 1 amide bonds. The van der Waals surface area contributed by atoms with Gasteiger partial charge < -0.3 is 9.42 Å². The first-order valence-electron chi connectivity index (χ1n) is 9.47. The Morgan fingerprint density at radius 2 is 2.04 bits per heavy atom. The summed E-state index contributed by atoms with van der Waals surface area (Å²) in [5, 5.41) is 4.03. The summed E-state index contributed by atoms with van der Waals surface area (Å²) in [5.74, 6) is 1.35. The molecule has 0 N–H and O–H groups in total. The molecule has 1 fully saturated rings. The molecule has 0 spiro atoms. The first-order chi connectivity index (χ1) is 13.5. The molecule has 0 aliphatic carbocycles. The molecule has 3 aromatic rings. The first kappa shape index (κ1) is 18.3. The van der Waals surface area contributed by atoms with E-state index in [0.717, 1.165) is 46.8 Å². The number of pyridine rings is 1. The van der Waals surface area contributed by atoms with Crippen molar-refractivity contribution in [1.29, 1.82) is 0 Å². The Bertz CT molecular complexity index is 1020. The summed E-state index contributed by atoms with van der Waals surface area (Å²) in [5.41, 5.74) is 4.71. The monoisotopic (exact) mass is 377 g/mol. The van der Waals surface area contributed by atoms with Crippen LogP contribution in [-0.4, -0.2) is 37.5 Å². The van der Waals surface area contributed by atoms with Gasteiger partial charge in [-0.1, -0.05) is 11.2 Å². The number of likely N-dealkylation sites (tertiary alicyclic amines) is 1. The standard InChI is InChI=1S/C21H23N5O2/c1-12-7-5-9-22-20(12)21(27)26-10-6-8-18(26)16-11-17(24-15(4)23-16)19-13(2)25-28-14(19)3/h5,7,9,11,18H,6,8,10H2,1-4H3/t18-/m0/s1. The van der Waals surface area contributed by atoms with Crippen molar-refractivity contribution in [1.82, 2.24) is 25.0 Å². The third kappa shape index (κ3) is 3.17. The molecule has 4 rings (SSSR count). The van der Waals surface area contributed by atoms with E-state index in [1.54, 1.807) is 6.20 Å². The fourth-order valence-corrected chi connectivity index (χ4v) is 3.90. The zero-order valence-electron chi connectivity index (χ0n) is 16.6. The van der Waals surface area contributed by atoms with Gasteiger partial charge in [-0.3, -0.25) is 9.78 Å². The molecule has 1 aliphatic heterocycles. The highest BCUT2D eigenvalue weighted by atomic mass is 16.5. The van der Waals surface area contributed by atoms with Gasteiger partial charge in [0.2, 0.25) is 0 Å². The normalized spacial score (nSPS) is 16.6. The molecule has 1 saturated heterocycles. The van der Waals surface area contributed by atoms with Gasteiger partial charge in [0.1, 0.15) is 17.3 Å². The van der Waals surface area contributed by atoms with E-state index in [2.05, 4.69) is 20.1 Å². The second kappa shape index (κ2) is 7.14. The Kier molecular flexibility index (Phi) is 4.66. The third-order valence-electron chi connectivity index (χ3n) is 5.21. The number of nitrogens with zero attached hydrogens (tertiary/aromatic N) is 5. The molecule has 0 aromatic carbocycles.